The van der Waals surface area contributed by atoms with E-state index in [1.807, 2.05) is 13.8 Å². The minimum atomic E-state index is -0.564. The smallest absolute Gasteiger partial charge is 0.119 e. The number of benzene rings is 1. The van der Waals surface area contributed by atoms with Crippen LogP contribution >= 0.6 is 11.6 Å². The molecule has 82 valence electrons. The van der Waals surface area contributed by atoms with Gasteiger partial charge in [0.25, 0.3) is 0 Å². The summed E-state index contributed by atoms with van der Waals surface area (Å²) in [6, 6.07) is 7.06. The first-order valence-electron chi connectivity index (χ1n) is 4.79. The summed E-state index contributed by atoms with van der Waals surface area (Å²) in [5.41, 5.74) is 1.07. The summed E-state index contributed by atoms with van der Waals surface area (Å²) in [5.74, 6) is 0.709. The van der Waals surface area contributed by atoms with Crippen LogP contribution in [0.25, 0.3) is 0 Å². The number of aliphatic hydroxyl groups excluding tert-OH is 1. The lowest BCUT2D eigenvalue weighted by atomic mass is 10.2. The summed E-state index contributed by atoms with van der Waals surface area (Å²) in [6.07, 6.45) is 1.20. The Bertz CT molecular complexity index is 326. The van der Waals surface area contributed by atoms with Crippen molar-refractivity contribution in [2.24, 2.45) is 0 Å². The lowest BCUT2D eigenvalue weighted by Crippen LogP contribution is -2.14. The zero-order chi connectivity index (χ0) is 11.3. The van der Waals surface area contributed by atoms with Crippen molar-refractivity contribution in [2.75, 3.05) is 6.61 Å². The maximum Gasteiger partial charge on any atom is 0.119 e. The molecule has 0 spiro atoms. The van der Waals surface area contributed by atoms with Crippen molar-refractivity contribution in [3.8, 4) is 5.75 Å². The molecule has 1 aromatic rings. The van der Waals surface area contributed by atoms with E-state index in [0.717, 1.165) is 5.57 Å². The summed E-state index contributed by atoms with van der Waals surface area (Å²) in [7, 11) is 0. The Morgan fingerprint density at radius 2 is 2.00 bits per heavy atom. The molecule has 0 saturated heterocycles. The van der Waals surface area contributed by atoms with Gasteiger partial charge < -0.3 is 9.84 Å². The molecular weight excluding hydrogens is 212 g/mol. The van der Waals surface area contributed by atoms with Crippen LogP contribution in [0.4, 0.5) is 0 Å². The standard InChI is InChI=1S/C12H15ClO2/c1-9(2)7-11(14)8-15-12-5-3-10(13)4-6-12/h3-7,11,14H,8H2,1-2H3. The van der Waals surface area contributed by atoms with E-state index < -0.39 is 6.10 Å². The molecule has 0 fully saturated rings. The quantitative estimate of drug-likeness (QED) is 0.800. The minimum absolute atomic E-state index is 0.257. The van der Waals surface area contributed by atoms with Crippen LogP contribution in [0.2, 0.25) is 5.02 Å². The predicted octanol–water partition coefficient (Wildman–Crippen LogP) is 3.05. The molecule has 1 N–H and O–H groups in total. The Morgan fingerprint density at radius 1 is 1.40 bits per heavy atom. The molecule has 1 atom stereocenters. The number of ether oxygens (including phenoxy) is 1. The molecular formula is C12H15ClO2. The monoisotopic (exact) mass is 226 g/mol. The summed E-state index contributed by atoms with van der Waals surface area (Å²) < 4.78 is 5.37. The van der Waals surface area contributed by atoms with Gasteiger partial charge in [-0.05, 0) is 38.1 Å². The SMILES string of the molecule is CC(C)=CC(O)COc1ccc(Cl)cc1. The van der Waals surface area contributed by atoms with E-state index in [1.165, 1.54) is 0 Å². The Morgan fingerprint density at radius 3 is 2.53 bits per heavy atom. The van der Waals surface area contributed by atoms with Gasteiger partial charge in [0.1, 0.15) is 18.5 Å². The van der Waals surface area contributed by atoms with Gasteiger partial charge in [0.2, 0.25) is 0 Å². The lowest BCUT2D eigenvalue weighted by molar-refractivity contribution is 0.144. The summed E-state index contributed by atoms with van der Waals surface area (Å²) in [6.45, 7) is 4.13. The van der Waals surface area contributed by atoms with Crippen molar-refractivity contribution < 1.29 is 9.84 Å². The number of rotatable bonds is 4. The van der Waals surface area contributed by atoms with Crippen LogP contribution in [0.15, 0.2) is 35.9 Å². The maximum atomic E-state index is 9.51. The van der Waals surface area contributed by atoms with Crippen molar-refractivity contribution >= 4 is 11.6 Å². The third-order valence-electron chi connectivity index (χ3n) is 1.76. The topological polar surface area (TPSA) is 29.5 Å². The largest absolute Gasteiger partial charge is 0.491 e. The van der Waals surface area contributed by atoms with Gasteiger partial charge in [0.15, 0.2) is 0 Å². The molecule has 3 heteroatoms. The van der Waals surface area contributed by atoms with Gasteiger partial charge in [-0.15, -0.1) is 0 Å². The van der Waals surface area contributed by atoms with Crippen LogP contribution in [-0.2, 0) is 0 Å². The van der Waals surface area contributed by atoms with Gasteiger partial charge in [-0.25, -0.2) is 0 Å². The molecule has 0 aliphatic heterocycles. The van der Waals surface area contributed by atoms with E-state index in [0.29, 0.717) is 10.8 Å². The third-order valence-corrected chi connectivity index (χ3v) is 2.01. The molecule has 0 aliphatic rings. The van der Waals surface area contributed by atoms with E-state index in [1.54, 1.807) is 30.3 Å². The number of halogens is 1. The number of hydrogen-bond acceptors (Lipinski definition) is 2. The first-order chi connectivity index (χ1) is 7.08. The van der Waals surface area contributed by atoms with Crippen LogP contribution < -0.4 is 4.74 Å². The fraction of sp³-hybridized carbons (Fsp3) is 0.333. The second kappa shape index (κ2) is 5.79. The van der Waals surface area contributed by atoms with Crippen molar-refractivity contribution in [3.63, 3.8) is 0 Å². The average molecular weight is 227 g/mol. The molecule has 1 unspecified atom stereocenters. The van der Waals surface area contributed by atoms with E-state index >= 15 is 0 Å². The Hall–Kier alpha value is -0.990. The Labute approximate surface area is 95.1 Å². The molecule has 1 aromatic carbocycles. The lowest BCUT2D eigenvalue weighted by Gasteiger charge is -2.09. The Kier molecular flexibility index (Phi) is 4.66. The molecule has 15 heavy (non-hydrogen) atoms. The van der Waals surface area contributed by atoms with Crippen LogP contribution in [0, 0.1) is 0 Å². The van der Waals surface area contributed by atoms with Gasteiger partial charge in [-0.1, -0.05) is 23.3 Å². The highest BCUT2D eigenvalue weighted by Gasteiger charge is 2.01. The predicted molar refractivity (Wildman–Crippen MR) is 62.4 cm³/mol. The van der Waals surface area contributed by atoms with Crippen LogP contribution in [0.3, 0.4) is 0 Å². The molecule has 0 aromatic heterocycles. The molecule has 0 saturated carbocycles. The van der Waals surface area contributed by atoms with Crippen molar-refractivity contribution in [2.45, 2.75) is 20.0 Å². The second-order valence-electron chi connectivity index (χ2n) is 3.58. The minimum Gasteiger partial charge on any atom is -0.491 e. The van der Waals surface area contributed by atoms with Crippen LogP contribution in [0.1, 0.15) is 13.8 Å². The van der Waals surface area contributed by atoms with Crippen molar-refractivity contribution in [1.82, 2.24) is 0 Å². The molecule has 0 aliphatic carbocycles. The second-order valence-corrected chi connectivity index (χ2v) is 4.01. The fourth-order valence-corrected chi connectivity index (χ4v) is 1.27. The van der Waals surface area contributed by atoms with E-state index in [-0.39, 0.29) is 6.61 Å². The van der Waals surface area contributed by atoms with Gasteiger partial charge in [0.05, 0.1) is 0 Å². The van der Waals surface area contributed by atoms with Gasteiger partial charge in [-0.2, -0.15) is 0 Å². The van der Waals surface area contributed by atoms with E-state index in [9.17, 15) is 5.11 Å². The normalized spacial score (nSPS) is 12.0. The third kappa shape index (κ3) is 4.86. The van der Waals surface area contributed by atoms with E-state index in [2.05, 4.69) is 0 Å². The molecule has 0 bridgehead atoms. The highest BCUT2D eigenvalue weighted by Crippen LogP contribution is 2.15. The van der Waals surface area contributed by atoms with Crippen molar-refractivity contribution in [1.29, 1.82) is 0 Å². The van der Waals surface area contributed by atoms with Gasteiger partial charge >= 0.3 is 0 Å². The molecule has 2 nitrogen and oxygen atoms in total. The first-order valence-corrected chi connectivity index (χ1v) is 5.17. The zero-order valence-corrected chi connectivity index (χ0v) is 9.66. The number of aliphatic hydroxyl groups is 1. The Balaban J connectivity index is 2.43. The molecule has 0 radical (unpaired) electrons. The van der Waals surface area contributed by atoms with Crippen LogP contribution in [-0.4, -0.2) is 17.8 Å². The summed E-state index contributed by atoms with van der Waals surface area (Å²) in [4.78, 5) is 0. The van der Waals surface area contributed by atoms with Gasteiger partial charge in [0, 0.05) is 5.02 Å². The highest BCUT2D eigenvalue weighted by atomic mass is 35.5. The molecule has 0 heterocycles. The summed E-state index contributed by atoms with van der Waals surface area (Å²) in [5, 5.41) is 10.2. The zero-order valence-electron chi connectivity index (χ0n) is 8.90. The number of hydrogen-bond donors (Lipinski definition) is 1. The average Bonchev–Trinajstić information content (AvgIpc) is 2.16. The number of allylic oxidation sites excluding steroid dienone is 1. The van der Waals surface area contributed by atoms with Crippen LogP contribution in [0.5, 0.6) is 5.75 Å². The molecule has 0 amide bonds. The maximum absolute atomic E-state index is 9.51. The first kappa shape index (κ1) is 12.1. The summed E-state index contributed by atoms with van der Waals surface area (Å²) >= 11 is 5.73. The fourth-order valence-electron chi connectivity index (χ4n) is 1.15. The van der Waals surface area contributed by atoms with Gasteiger partial charge in [-0.3, -0.25) is 0 Å². The van der Waals surface area contributed by atoms with Crippen molar-refractivity contribution in [3.05, 3.63) is 40.9 Å². The molecule has 1 rings (SSSR count). The highest BCUT2D eigenvalue weighted by molar-refractivity contribution is 6.30. The van der Waals surface area contributed by atoms with E-state index in [4.69, 9.17) is 16.3 Å².